The Morgan fingerprint density at radius 2 is 2.47 bits per heavy atom. The van der Waals surface area contributed by atoms with Crippen molar-refractivity contribution in [3.63, 3.8) is 0 Å². The van der Waals surface area contributed by atoms with Crippen molar-refractivity contribution >= 4 is 0 Å². The minimum absolute atomic E-state index is 0.309. The van der Waals surface area contributed by atoms with E-state index in [1.54, 1.807) is 13.0 Å². The van der Waals surface area contributed by atoms with Gasteiger partial charge in [-0.3, -0.25) is 0 Å². The van der Waals surface area contributed by atoms with E-state index >= 15 is 0 Å². The normalized spacial score (nSPS) is 26.1. The van der Waals surface area contributed by atoms with Gasteiger partial charge in [0.15, 0.2) is 0 Å². The number of nitrogens with one attached hydrogen (secondary N) is 1. The minimum atomic E-state index is -1.28. The summed E-state index contributed by atoms with van der Waals surface area (Å²) in [6.07, 6.45) is 7.07. The molecule has 1 aliphatic rings. The van der Waals surface area contributed by atoms with Crippen LogP contribution in [0.5, 0.6) is 0 Å². The summed E-state index contributed by atoms with van der Waals surface area (Å²) in [4.78, 5) is 0. The molecule has 1 fully saturated rings. The van der Waals surface area contributed by atoms with Crippen molar-refractivity contribution in [2.24, 2.45) is 0 Å². The van der Waals surface area contributed by atoms with Crippen molar-refractivity contribution in [2.75, 3.05) is 6.54 Å². The summed E-state index contributed by atoms with van der Waals surface area (Å²) < 4.78 is 19.3. The van der Waals surface area contributed by atoms with Crippen LogP contribution in [0.2, 0.25) is 0 Å². The number of rotatable bonds is 3. The van der Waals surface area contributed by atoms with Crippen LogP contribution in [0.25, 0.3) is 0 Å². The van der Waals surface area contributed by atoms with E-state index in [2.05, 4.69) is 5.32 Å². The van der Waals surface area contributed by atoms with E-state index in [0.29, 0.717) is 18.0 Å². The maximum atomic E-state index is 14.3. The lowest BCUT2D eigenvalue weighted by atomic mass is 9.89. The Balaban J connectivity index is 1.97. The molecule has 0 aromatic carbocycles. The SMILES string of the molecule is CC(F)(CC1CCCCN1)c1ccoc1. The summed E-state index contributed by atoms with van der Waals surface area (Å²) in [6.45, 7) is 2.65. The van der Waals surface area contributed by atoms with E-state index in [9.17, 15) is 4.39 Å². The number of furan rings is 1. The highest BCUT2D eigenvalue weighted by molar-refractivity contribution is 5.15. The molecule has 15 heavy (non-hydrogen) atoms. The molecule has 84 valence electrons. The van der Waals surface area contributed by atoms with Gasteiger partial charge in [-0.1, -0.05) is 6.42 Å². The summed E-state index contributed by atoms with van der Waals surface area (Å²) in [7, 11) is 0. The average Bonchev–Trinajstić information content (AvgIpc) is 2.71. The van der Waals surface area contributed by atoms with Crippen LogP contribution in [-0.4, -0.2) is 12.6 Å². The molecule has 0 amide bonds. The molecule has 1 N–H and O–H groups in total. The largest absolute Gasteiger partial charge is 0.472 e. The lowest BCUT2D eigenvalue weighted by molar-refractivity contribution is 0.145. The van der Waals surface area contributed by atoms with E-state index in [4.69, 9.17) is 4.42 Å². The van der Waals surface area contributed by atoms with E-state index in [1.165, 1.54) is 25.4 Å². The quantitative estimate of drug-likeness (QED) is 0.831. The first-order chi connectivity index (χ1) is 7.18. The van der Waals surface area contributed by atoms with E-state index in [-0.39, 0.29) is 0 Å². The van der Waals surface area contributed by atoms with Gasteiger partial charge in [0, 0.05) is 18.0 Å². The van der Waals surface area contributed by atoms with E-state index in [1.807, 2.05) is 0 Å². The highest BCUT2D eigenvalue weighted by Crippen LogP contribution is 2.32. The second-order valence-electron chi connectivity index (χ2n) is 4.56. The minimum Gasteiger partial charge on any atom is -0.472 e. The third-order valence-electron chi connectivity index (χ3n) is 3.17. The van der Waals surface area contributed by atoms with Gasteiger partial charge in [-0.05, 0) is 32.4 Å². The predicted octanol–water partition coefficient (Wildman–Crippen LogP) is 3.00. The molecule has 0 spiro atoms. The van der Waals surface area contributed by atoms with Crippen LogP contribution in [0.3, 0.4) is 0 Å². The number of piperidine rings is 1. The summed E-state index contributed by atoms with van der Waals surface area (Å²) in [5, 5.41) is 3.37. The Labute approximate surface area is 89.9 Å². The van der Waals surface area contributed by atoms with Crippen LogP contribution in [0.4, 0.5) is 4.39 Å². The lowest BCUT2D eigenvalue weighted by Gasteiger charge is -2.29. The maximum Gasteiger partial charge on any atom is 0.137 e. The molecule has 0 bridgehead atoms. The number of alkyl halides is 1. The van der Waals surface area contributed by atoms with Gasteiger partial charge in [-0.15, -0.1) is 0 Å². The van der Waals surface area contributed by atoms with Gasteiger partial charge in [0.25, 0.3) is 0 Å². The molecule has 3 heteroatoms. The molecule has 1 saturated heterocycles. The number of halogens is 1. The van der Waals surface area contributed by atoms with Crippen molar-refractivity contribution in [1.29, 1.82) is 0 Å². The predicted molar refractivity (Wildman–Crippen MR) is 57.4 cm³/mol. The van der Waals surface area contributed by atoms with E-state index in [0.717, 1.165) is 13.0 Å². The molecule has 2 unspecified atom stereocenters. The van der Waals surface area contributed by atoms with Crippen molar-refractivity contribution in [1.82, 2.24) is 5.32 Å². The van der Waals surface area contributed by atoms with Gasteiger partial charge in [-0.2, -0.15) is 0 Å². The zero-order chi connectivity index (χ0) is 10.7. The first-order valence-electron chi connectivity index (χ1n) is 5.63. The molecule has 2 rings (SSSR count). The third-order valence-corrected chi connectivity index (χ3v) is 3.17. The summed E-state index contributed by atoms with van der Waals surface area (Å²) >= 11 is 0. The topological polar surface area (TPSA) is 25.2 Å². The zero-order valence-electron chi connectivity index (χ0n) is 9.13. The third kappa shape index (κ3) is 2.59. The number of hydrogen-bond donors (Lipinski definition) is 1. The molecular formula is C12H18FNO. The van der Waals surface area contributed by atoms with Crippen molar-refractivity contribution in [3.05, 3.63) is 24.2 Å². The molecule has 0 aliphatic carbocycles. The van der Waals surface area contributed by atoms with Gasteiger partial charge in [0.1, 0.15) is 5.67 Å². The molecule has 2 nitrogen and oxygen atoms in total. The molecule has 1 aromatic rings. The standard InChI is InChI=1S/C12H18FNO/c1-12(13,10-5-7-15-9-10)8-11-4-2-3-6-14-11/h5,7,9,11,14H,2-4,6,8H2,1H3. The smallest absolute Gasteiger partial charge is 0.137 e. The van der Waals surface area contributed by atoms with Crippen LogP contribution in [0.1, 0.15) is 38.2 Å². The first-order valence-corrected chi connectivity index (χ1v) is 5.63. The van der Waals surface area contributed by atoms with Gasteiger partial charge < -0.3 is 9.73 Å². The van der Waals surface area contributed by atoms with Crippen LogP contribution >= 0.6 is 0 Å². The summed E-state index contributed by atoms with van der Waals surface area (Å²) in [5.74, 6) is 0. The molecule has 0 saturated carbocycles. The second kappa shape index (κ2) is 4.35. The molecule has 2 atom stereocenters. The number of hydrogen-bond acceptors (Lipinski definition) is 2. The van der Waals surface area contributed by atoms with Crippen LogP contribution in [0, 0.1) is 0 Å². The molecule has 2 heterocycles. The highest BCUT2D eigenvalue weighted by Gasteiger charge is 2.31. The average molecular weight is 211 g/mol. The van der Waals surface area contributed by atoms with Gasteiger partial charge in [0.2, 0.25) is 0 Å². The maximum absolute atomic E-state index is 14.3. The van der Waals surface area contributed by atoms with Crippen molar-refractivity contribution in [2.45, 2.75) is 44.3 Å². The van der Waals surface area contributed by atoms with Gasteiger partial charge >= 0.3 is 0 Å². The van der Waals surface area contributed by atoms with Crippen LogP contribution in [0.15, 0.2) is 23.0 Å². The Kier molecular flexibility index (Phi) is 3.10. The fourth-order valence-corrected chi connectivity index (χ4v) is 2.24. The lowest BCUT2D eigenvalue weighted by Crippen LogP contribution is -2.38. The Bertz CT molecular complexity index is 289. The molecular weight excluding hydrogens is 193 g/mol. The summed E-state index contributed by atoms with van der Waals surface area (Å²) in [6, 6.07) is 2.02. The Hall–Kier alpha value is -0.830. The fourth-order valence-electron chi connectivity index (χ4n) is 2.24. The van der Waals surface area contributed by atoms with Crippen molar-refractivity contribution < 1.29 is 8.81 Å². The monoisotopic (exact) mass is 211 g/mol. The van der Waals surface area contributed by atoms with Crippen LogP contribution in [-0.2, 0) is 5.67 Å². The van der Waals surface area contributed by atoms with Gasteiger partial charge in [-0.25, -0.2) is 4.39 Å². The van der Waals surface area contributed by atoms with Crippen LogP contribution < -0.4 is 5.32 Å². The Morgan fingerprint density at radius 3 is 3.07 bits per heavy atom. The second-order valence-corrected chi connectivity index (χ2v) is 4.56. The van der Waals surface area contributed by atoms with Crippen molar-refractivity contribution in [3.8, 4) is 0 Å². The first kappa shape index (κ1) is 10.7. The molecule has 1 aliphatic heterocycles. The van der Waals surface area contributed by atoms with E-state index < -0.39 is 5.67 Å². The fraction of sp³-hybridized carbons (Fsp3) is 0.667. The zero-order valence-corrected chi connectivity index (χ0v) is 9.13. The summed E-state index contributed by atoms with van der Waals surface area (Å²) in [5.41, 5.74) is -0.628. The molecule has 0 radical (unpaired) electrons. The highest BCUT2D eigenvalue weighted by atomic mass is 19.1. The Morgan fingerprint density at radius 1 is 1.60 bits per heavy atom. The van der Waals surface area contributed by atoms with Gasteiger partial charge in [0.05, 0.1) is 12.5 Å². The molecule has 1 aromatic heterocycles.